The van der Waals surface area contributed by atoms with Crippen molar-refractivity contribution in [3.63, 3.8) is 0 Å². The molecular weight excluding hydrogens is 250 g/mol. The lowest BCUT2D eigenvalue weighted by Gasteiger charge is -2.37. The highest BCUT2D eigenvalue weighted by Gasteiger charge is 2.25. The van der Waals surface area contributed by atoms with Crippen LogP contribution < -0.4 is 5.32 Å². The average molecular weight is 283 g/mol. The van der Waals surface area contributed by atoms with Gasteiger partial charge in [0.15, 0.2) is 0 Å². The smallest absolute Gasteiger partial charge is 0.236 e. The van der Waals surface area contributed by atoms with E-state index in [0.717, 1.165) is 19.6 Å². The molecule has 4 nitrogen and oxygen atoms in total. The van der Waals surface area contributed by atoms with Gasteiger partial charge >= 0.3 is 0 Å². The summed E-state index contributed by atoms with van der Waals surface area (Å²) < 4.78 is 0. The Morgan fingerprint density at radius 3 is 2.60 bits per heavy atom. The van der Waals surface area contributed by atoms with Gasteiger partial charge in [0.25, 0.3) is 0 Å². The summed E-state index contributed by atoms with van der Waals surface area (Å²) in [5, 5.41) is 3.54. The van der Waals surface area contributed by atoms with Crippen molar-refractivity contribution in [3.05, 3.63) is 0 Å². The quantitative estimate of drug-likeness (QED) is 0.776. The van der Waals surface area contributed by atoms with E-state index < -0.39 is 0 Å². The van der Waals surface area contributed by atoms with Crippen LogP contribution in [0, 0.1) is 5.92 Å². The first-order chi connectivity index (χ1) is 9.41. The number of nitrogens with one attached hydrogen (secondary N) is 1. The normalized spacial score (nSPS) is 20.6. The molecule has 1 aliphatic rings. The highest BCUT2D eigenvalue weighted by atomic mass is 16.2. The van der Waals surface area contributed by atoms with E-state index in [4.69, 9.17) is 0 Å². The van der Waals surface area contributed by atoms with E-state index >= 15 is 0 Å². The minimum Gasteiger partial charge on any atom is -0.342 e. The Hall–Kier alpha value is -0.610. The molecular formula is C16H33N3O. The lowest BCUT2D eigenvalue weighted by Crippen LogP contribution is -2.50. The number of carbonyl (C=O) groups excluding carboxylic acids is 1. The molecule has 1 amide bonds. The molecule has 0 saturated carbocycles. The third-order valence-electron chi connectivity index (χ3n) is 4.19. The zero-order valence-corrected chi connectivity index (χ0v) is 14.0. The molecule has 0 spiro atoms. The summed E-state index contributed by atoms with van der Waals surface area (Å²) in [6.07, 6.45) is 3.72. The lowest BCUT2D eigenvalue weighted by molar-refractivity contribution is -0.133. The molecule has 1 fully saturated rings. The first-order valence-electron chi connectivity index (χ1n) is 8.12. The summed E-state index contributed by atoms with van der Waals surface area (Å²) in [5.41, 5.74) is 0. The van der Waals surface area contributed by atoms with Crippen LogP contribution in [0.1, 0.15) is 47.0 Å². The Morgan fingerprint density at radius 2 is 2.00 bits per heavy atom. The fraction of sp³-hybridized carbons (Fsp3) is 0.938. The number of likely N-dealkylation sites (N-methyl/N-ethyl adjacent to an activating group) is 1. The number of likely N-dealkylation sites (tertiary alicyclic amines) is 1. The largest absolute Gasteiger partial charge is 0.342 e. The van der Waals surface area contributed by atoms with Crippen molar-refractivity contribution < 1.29 is 4.79 Å². The van der Waals surface area contributed by atoms with E-state index in [1.165, 1.54) is 19.3 Å². The van der Waals surface area contributed by atoms with Gasteiger partial charge in [-0.25, -0.2) is 0 Å². The van der Waals surface area contributed by atoms with Gasteiger partial charge in [-0.15, -0.1) is 0 Å². The van der Waals surface area contributed by atoms with Crippen LogP contribution in [0.5, 0.6) is 0 Å². The van der Waals surface area contributed by atoms with Gasteiger partial charge in [-0.1, -0.05) is 20.3 Å². The summed E-state index contributed by atoms with van der Waals surface area (Å²) in [6.45, 7) is 12.3. The third kappa shape index (κ3) is 5.80. The van der Waals surface area contributed by atoms with E-state index in [2.05, 4.69) is 37.9 Å². The number of rotatable bonds is 7. The van der Waals surface area contributed by atoms with E-state index in [-0.39, 0.29) is 11.9 Å². The average Bonchev–Trinajstić information content (AvgIpc) is 2.39. The lowest BCUT2D eigenvalue weighted by atomic mass is 10.0. The van der Waals surface area contributed by atoms with Crippen molar-refractivity contribution in [2.75, 3.05) is 33.2 Å². The SMILES string of the molecule is CC(C)CNCC1CCCCN1CC(=O)N(C)C(C)C. The Kier molecular flexibility index (Phi) is 7.52. The second-order valence-electron chi connectivity index (χ2n) is 6.77. The van der Waals surface area contributed by atoms with Crippen LogP contribution in [-0.2, 0) is 4.79 Å². The molecule has 1 aliphatic heterocycles. The van der Waals surface area contributed by atoms with Crippen molar-refractivity contribution in [2.24, 2.45) is 5.92 Å². The summed E-state index contributed by atoms with van der Waals surface area (Å²) in [7, 11) is 1.91. The van der Waals surface area contributed by atoms with Crippen LogP contribution in [0.4, 0.5) is 0 Å². The number of nitrogens with zero attached hydrogens (tertiary/aromatic N) is 2. The van der Waals surface area contributed by atoms with E-state index in [0.29, 0.717) is 18.5 Å². The van der Waals surface area contributed by atoms with Crippen LogP contribution in [-0.4, -0.2) is 61.0 Å². The summed E-state index contributed by atoms with van der Waals surface area (Å²) in [5.74, 6) is 0.927. The zero-order valence-electron chi connectivity index (χ0n) is 14.0. The van der Waals surface area contributed by atoms with E-state index in [1.807, 2.05) is 11.9 Å². The first-order valence-corrected chi connectivity index (χ1v) is 8.12. The number of hydrogen-bond donors (Lipinski definition) is 1. The van der Waals surface area contributed by atoms with Gasteiger partial charge in [0, 0.05) is 25.7 Å². The number of piperidine rings is 1. The number of carbonyl (C=O) groups is 1. The number of hydrogen-bond acceptors (Lipinski definition) is 3. The van der Waals surface area contributed by atoms with Crippen LogP contribution in [0.3, 0.4) is 0 Å². The summed E-state index contributed by atoms with van der Waals surface area (Å²) in [6, 6.07) is 0.803. The van der Waals surface area contributed by atoms with Crippen LogP contribution in [0.15, 0.2) is 0 Å². The maximum absolute atomic E-state index is 12.2. The van der Waals surface area contributed by atoms with Crippen molar-refractivity contribution >= 4 is 5.91 Å². The highest BCUT2D eigenvalue weighted by molar-refractivity contribution is 5.78. The Labute approximate surface area is 124 Å². The molecule has 0 aromatic carbocycles. The number of amides is 1. The molecule has 20 heavy (non-hydrogen) atoms. The molecule has 1 unspecified atom stereocenters. The summed E-state index contributed by atoms with van der Waals surface area (Å²) >= 11 is 0. The maximum atomic E-state index is 12.2. The Bertz CT molecular complexity index is 291. The standard InChI is InChI=1S/C16H33N3O/c1-13(2)10-17-11-15-8-6-7-9-19(15)12-16(20)18(5)14(3)4/h13-15,17H,6-12H2,1-5H3. The molecule has 0 radical (unpaired) electrons. The molecule has 1 heterocycles. The van der Waals surface area contributed by atoms with Crippen molar-refractivity contribution in [2.45, 2.75) is 59.0 Å². The molecule has 4 heteroatoms. The van der Waals surface area contributed by atoms with Gasteiger partial charge in [-0.2, -0.15) is 0 Å². The molecule has 0 aromatic heterocycles. The van der Waals surface area contributed by atoms with Gasteiger partial charge in [0.2, 0.25) is 5.91 Å². The second kappa shape index (κ2) is 8.63. The minimum atomic E-state index is 0.246. The topological polar surface area (TPSA) is 35.6 Å². The van der Waals surface area contributed by atoms with Crippen molar-refractivity contribution in [3.8, 4) is 0 Å². The van der Waals surface area contributed by atoms with E-state index in [9.17, 15) is 4.79 Å². The molecule has 0 aliphatic carbocycles. The third-order valence-corrected chi connectivity index (χ3v) is 4.19. The van der Waals surface area contributed by atoms with Crippen molar-refractivity contribution in [1.29, 1.82) is 0 Å². The first kappa shape index (κ1) is 17.4. The van der Waals surface area contributed by atoms with Gasteiger partial charge in [-0.3, -0.25) is 9.69 Å². The summed E-state index contributed by atoms with van der Waals surface area (Å²) in [4.78, 5) is 16.5. The van der Waals surface area contributed by atoms with Crippen LogP contribution >= 0.6 is 0 Å². The van der Waals surface area contributed by atoms with Crippen molar-refractivity contribution in [1.82, 2.24) is 15.1 Å². The molecule has 118 valence electrons. The minimum absolute atomic E-state index is 0.246. The predicted molar refractivity (Wildman–Crippen MR) is 84.8 cm³/mol. The molecule has 1 atom stereocenters. The van der Waals surface area contributed by atoms with Gasteiger partial charge < -0.3 is 10.2 Å². The second-order valence-corrected chi connectivity index (χ2v) is 6.77. The van der Waals surface area contributed by atoms with Gasteiger partial charge in [0.05, 0.1) is 6.54 Å². The molecule has 1 N–H and O–H groups in total. The van der Waals surface area contributed by atoms with Crippen LogP contribution in [0.2, 0.25) is 0 Å². The monoisotopic (exact) mass is 283 g/mol. The fourth-order valence-electron chi connectivity index (χ4n) is 2.61. The van der Waals surface area contributed by atoms with Gasteiger partial charge in [-0.05, 0) is 45.7 Å². The molecule has 1 rings (SSSR count). The predicted octanol–water partition coefficient (Wildman–Crippen LogP) is 1.95. The Balaban J connectivity index is 2.45. The molecule has 0 bridgehead atoms. The van der Waals surface area contributed by atoms with E-state index in [1.54, 1.807) is 0 Å². The molecule has 1 saturated heterocycles. The molecule has 0 aromatic rings. The fourth-order valence-corrected chi connectivity index (χ4v) is 2.61. The zero-order chi connectivity index (χ0) is 15.1. The van der Waals surface area contributed by atoms with Crippen LogP contribution in [0.25, 0.3) is 0 Å². The van der Waals surface area contributed by atoms with Gasteiger partial charge in [0.1, 0.15) is 0 Å². The highest BCUT2D eigenvalue weighted by Crippen LogP contribution is 2.16. The maximum Gasteiger partial charge on any atom is 0.236 e. The Morgan fingerprint density at radius 1 is 1.30 bits per heavy atom.